The maximum atomic E-state index is 13.2. The van der Waals surface area contributed by atoms with Crippen molar-refractivity contribution in [2.45, 2.75) is 17.9 Å². The number of nitrogens with zero attached hydrogens (tertiary/aromatic N) is 2. The van der Waals surface area contributed by atoms with Gasteiger partial charge in [0.25, 0.3) is 0 Å². The number of nitrogens with one attached hydrogen (secondary N) is 1. The summed E-state index contributed by atoms with van der Waals surface area (Å²) in [6.07, 6.45) is 0.769. The molecule has 0 spiro atoms. The Balaban J connectivity index is 1.33. The fraction of sp³-hybridized carbons (Fsp3) is 0.409. The summed E-state index contributed by atoms with van der Waals surface area (Å²) in [4.78, 5) is 2.22. The van der Waals surface area contributed by atoms with Crippen molar-refractivity contribution in [3.05, 3.63) is 48.0 Å². The number of piperazine rings is 1. The summed E-state index contributed by atoms with van der Waals surface area (Å²) in [6, 6.07) is 12.6. The number of ether oxygens (including phenoxy) is 3. The third-order valence-corrected chi connectivity index (χ3v) is 7.78. The summed E-state index contributed by atoms with van der Waals surface area (Å²) in [6.45, 7) is 3.45. The van der Waals surface area contributed by atoms with Crippen LogP contribution >= 0.6 is 12.2 Å². The van der Waals surface area contributed by atoms with Crippen molar-refractivity contribution in [3.8, 4) is 17.2 Å². The summed E-state index contributed by atoms with van der Waals surface area (Å²) >= 11 is 5.52. The van der Waals surface area contributed by atoms with Gasteiger partial charge >= 0.3 is 0 Å². The van der Waals surface area contributed by atoms with Crippen LogP contribution in [0.5, 0.6) is 17.2 Å². The first kappa shape index (κ1) is 22.6. The molecule has 2 aliphatic heterocycles. The second-order valence-corrected chi connectivity index (χ2v) is 9.88. The maximum absolute atomic E-state index is 13.2. The topological polar surface area (TPSA) is 80.3 Å². The van der Waals surface area contributed by atoms with Crippen LogP contribution in [0.15, 0.2) is 47.4 Å². The van der Waals surface area contributed by atoms with Crippen molar-refractivity contribution in [2.24, 2.45) is 0 Å². The number of sulfonamides is 1. The molecular weight excluding hydrogens is 450 g/mol. The van der Waals surface area contributed by atoms with Crippen molar-refractivity contribution in [3.63, 3.8) is 0 Å². The molecule has 0 atom stereocenters. The number of thiocarbonyl (C=S) groups is 1. The lowest BCUT2D eigenvalue weighted by atomic mass is 10.2. The van der Waals surface area contributed by atoms with Gasteiger partial charge < -0.3 is 24.4 Å². The van der Waals surface area contributed by atoms with Crippen LogP contribution in [-0.2, 0) is 16.6 Å². The van der Waals surface area contributed by atoms with E-state index in [4.69, 9.17) is 26.4 Å². The van der Waals surface area contributed by atoms with Crippen LogP contribution in [0.2, 0.25) is 0 Å². The van der Waals surface area contributed by atoms with Crippen LogP contribution in [0, 0.1) is 0 Å². The number of methoxy groups -OCH3 is 1. The third kappa shape index (κ3) is 5.08. The SMILES string of the molecule is COc1ccc(CNC(=S)N2CCN(S(=O)(=O)c3ccc4c(c3)OCCCO4)CC2)cc1. The first-order valence-corrected chi connectivity index (χ1v) is 12.4. The smallest absolute Gasteiger partial charge is 0.243 e. The standard InChI is InChI=1S/C22H27N3O5S2/c1-28-18-5-3-17(4-6-18)16-23-22(31)24-9-11-25(12-10-24)32(26,27)19-7-8-20-21(15-19)30-14-2-13-29-20/h3-8,15H,2,9-14,16H2,1H3,(H,23,31). The van der Waals surface area contributed by atoms with E-state index < -0.39 is 10.0 Å². The number of benzene rings is 2. The second-order valence-electron chi connectivity index (χ2n) is 7.56. The lowest BCUT2D eigenvalue weighted by Crippen LogP contribution is -2.52. The number of fused-ring (bicyclic) bond motifs is 1. The van der Waals surface area contributed by atoms with E-state index in [1.807, 2.05) is 29.2 Å². The van der Waals surface area contributed by atoms with Gasteiger partial charge in [-0.05, 0) is 42.0 Å². The van der Waals surface area contributed by atoms with Crippen LogP contribution in [0.4, 0.5) is 0 Å². The molecule has 1 saturated heterocycles. The van der Waals surface area contributed by atoms with Gasteiger partial charge in [-0.3, -0.25) is 0 Å². The van der Waals surface area contributed by atoms with Gasteiger partial charge in [-0.15, -0.1) is 0 Å². The normalized spacial score (nSPS) is 16.8. The Morgan fingerprint density at radius 3 is 2.41 bits per heavy atom. The Labute approximate surface area is 194 Å². The zero-order valence-electron chi connectivity index (χ0n) is 18.0. The minimum absolute atomic E-state index is 0.218. The monoisotopic (exact) mass is 477 g/mol. The molecule has 0 aliphatic carbocycles. The van der Waals surface area contributed by atoms with E-state index in [9.17, 15) is 8.42 Å². The fourth-order valence-corrected chi connectivity index (χ4v) is 5.31. The first-order valence-electron chi connectivity index (χ1n) is 10.5. The summed E-state index contributed by atoms with van der Waals surface area (Å²) in [7, 11) is -1.99. The summed E-state index contributed by atoms with van der Waals surface area (Å²) in [5.74, 6) is 1.87. The Bertz CT molecular complexity index is 1050. The molecule has 172 valence electrons. The minimum atomic E-state index is -3.62. The lowest BCUT2D eigenvalue weighted by molar-refractivity contribution is 0.263. The molecule has 2 heterocycles. The molecule has 1 fully saturated rings. The molecule has 2 aromatic rings. The minimum Gasteiger partial charge on any atom is -0.497 e. The van der Waals surface area contributed by atoms with Crippen molar-refractivity contribution in [2.75, 3.05) is 46.5 Å². The van der Waals surface area contributed by atoms with Crippen LogP contribution in [0.3, 0.4) is 0 Å². The average molecular weight is 478 g/mol. The molecule has 2 aliphatic rings. The molecule has 0 saturated carbocycles. The van der Waals surface area contributed by atoms with Crippen molar-refractivity contribution >= 4 is 27.4 Å². The van der Waals surface area contributed by atoms with E-state index in [1.165, 1.54) is 4.31 Å². The Kier molecular flexibility index (Phi) is 7.02. The Morgan fingerprint density at radius 1 is 1.03 bits per heavy atom. The Morgan fingerprint density at radius 2 is 1.72 bits per heavy atom. The molecule has 4 rings (SSSR count). The molecule has 10 heteroatoms. The average Bonchev–Trinajstić information content (AvgIpc) is 3.08. The molecule has 0 bridgehead atoms. The second kappa shape index (κ2) is 9.93. The third-order valence-electron chi connectivity index (χ3n) is 5.49. The zero-order chi connectivity index (χ0) is 22.6. The van der Waals surface area contributed by atoms with E-state index in [1.54, 1.807) is 25.3 Å². The summed E-state index contributed by atoms with van der Waals surface area (Å²) < 4.78 is 44.2. The Hall–Kier alpha value is -2.56. The summed E-state index contributed by atoms with van der Waals surface area (Å²) in [5, 5.41) is 3.87. The lowest BCUT2D eigenvalue weighted by Gasteiger charge is -2.35. The van der Waals surface area contributed by atoms with Gasteiger partial charge in [-0.1, -0.05) is 12.1 Å². The van der Waals surface area contributed by atoms with E-state index in [2.05, 4.69) is 5.32 Å². The molecule has 0 aromatic heterocycles. The molecule has 1 N–H and O–H groups in total. The van der Waals surface area contributed by atoms with Gasteiger partial charge in [0.15, 0.2) is 16.6 Å². The number of rotatable bonds is 5. The molecule has 0 unspecified atom stereocenters. The molecule has 32 heavy (non-hydrogen) atoms. The number of hydrogen-bond acceptors (Lipinski definition) is 6. The quantitative estimate of drug-likeness (QED) is 0.657. The molecule has 0 amide bonds. The van der Waals surface area contributed by atoms with Gasteiger partial charge in [0.2, 0.25) is 10.0 Å². The van der Waals surface area contributed by atoms with Crippen molar-refractivity contribution in [1.82, 2.24) is 14.5 Å². The molecule has 0 radical (unpaired) electrons. The predicted octanol–water partition coefficient (Wildman–Crippen LogP) is 2.24. The molecular formula is C22H27N3O5S2. The highest BCUT2D eigenvalue weighted by Gasteiger charge is 2.30. The highest BCUT2D eigenvalue weighted by molar-refractivity contribution is 7.89. The fourth-order valence-electron chi connectivity index (χ4n) is 3.62. The van der Waals surface area contributed by atoms with Crippen molar-refractivity contribution in [1.29, 1.82) is 0 Å². The van der Waals surface area contributed by atoms with E-state index >= 15 is 0 Å². The van der Waals surface area contributed by atoms with Crippen molar-refractivity contribution < 1.29 is 22.6 Å². The van der Waals surface area contributed by atoms with E-state index in [0.29, 0.717) is 62.5 Å². The van der Waals surface area contributed by atoms with Gasteiger partial charge in [0.1, 0.15) is 5.75 Å². The first-order chi connectivity index (χ1) is 15.5. The maximum Gasteiger partial charge on any atom is 0.243 e. The predicted molar refractivity (Wildman–Crippen MR) is 125 cm³/mol. The van der Waals surface area contributed by atoms with Crippen LogP contribution < -0.4 is 19.5 Å². The van der Waals surface area contributed by atoms with E-state index in [0.717, 1.165) is 17.7 Å². The highest BCUT2D eigenvalue weighted by Crippen LogP contribution is 2.33. The van der Waals surface area contributed by atoms with Crippen LogP contribution in [0.25, 0.3) is 0 Å². The van der Waals surface area contributed by atoms with Gasteiger partial charge in [0.05, 0.1) is 25.2 Å². The van der Waals surface area contributed by atoms with Crippen LogP contribution in [0.1, 0.15) is 12.0 Å². The summed E-state index contributed by atoms with van der Waals surface area (Å²) in [5.41, 5.74) is 1.09. The number of hydrogen-bond donors (Lipinski definition) is 1. The zero-order valence-corrected chi connectivity index (χ0v) is 19.6. The van der Waals surface area contributed by atoms with Gasteiger partial charge in [-0.25, -0.2) is 8.42 Å². The highest BCUT2D eigenvalue weighted by atomic mass is 32.2. The molecule has 8 nitrogen and oxygen atoms in total. The molecule has 2 aromatic carbocycles. The largest absolute Gasteiger partial charge is 0.497 e. The van der Waals surface area contributed by atoms with Crippen LogP contribution in [-0.4, -0.2) is 69.2 Å². The van der Waals surface area contributed by atoms with Gasteiger partial charge in [-0.2, -0.15) is 4.31 Å². The van der Waals surface area contributed by atoms with Gasteiger partial charge in [0, 0.05) is 45.2 Å². The van der Waals surface area contributed by atoms with E-state index in [-0.39, 0.29) is 4.90 Å².